The summed E-state index contributed by atoms with van der Waals surface area (Å²) in [7, 11) is 0. The van der Waals surface area contributed by atoms with Crippen molar-refractivity contribution in [3.63, 3.8) is 0 Å². The molecule has 39 heavy (non-hydrogen) atoms. The van der Waals surface area contributed by atoms with Gasteiger partial charge in [0.05, 0.1) is 0 Å². The highest BCUT2D eigenvalue weighted by atomic mass is 16.5. The van der Waals surface area contributed by atoms with E-state index in [1.165, 1.54) is 0 Å². The van der Waals surface area contributed by atoms with E-state index in [1.807, 2.05) is 105 Å². The van der Waals surface area contributed by atoms with E-state index < -0.39 is 30.1 Å². The Kier molecular flexibility index (Phi) is 9.34. The lowest BCUT2D eigenvalue weighted by molar-refractivity contribution is -0.150. The molecule has 3 aromatic carbocycles. The van der Waals surface area contributed by atoms with Gasteiger partial charge in [0.1, 0.15) is 25.3 Å². The first-order valence-corrected chi connectivity index (χ1v) is 12.9. The summed E-state index contributed by atoms with van der Waals surface area (Å²) >= 11 is 0. The zero-order chi connectivity index (χ0) is 27.6. The summed E-state index contributed by atoms with van der Waals surface area (Å²) in [5.74, 6) is -1.29. The van der Waals surface area contributed by atoms with E-state index in [2.05, 4.69) is 15.6 Å². The van der Waals surface area contributed by atoms with E-state index in [-0.39, 0.29) is 25.6 Å². The molecule has 0 fully saturated rings. The van der Waals surface area contributed by atoms with Gasteiger partial charge in [0.2, 0.25) is 5.91 Å². The molecule has 0 saturated heterocycles. The van der Waals surface area contributed by atoms with Gasteiger partial charge in [0.15, 0.2) is 0 Å². The predicted octanol–water partition coefficient (Wildman–Crippen LogP) is 4.89. The lowest BCUT2D eigenvalue weighted by Gasteiger charge is -2.24. The van der Waals surface area contributed by atoms with Crippen LogP contribution < -0.4 is 10.6 Å². The van der Waals surface area contributed by atoms with Crippen LogP contribution in [-0.4, -0.2) is 35.0 Å². The minimum atomic E-state index is -0.990. The third-order valence-electron chi connectivity index (χ3n) is 6.36. The molecule has 2 amide bonds. The first-order valence-electron chi connectivity index (χ1n) is 12.9. The largest absolute Gasteiger partial charge is 0.459 e. The fraction of sp³-hybridized carbons (Fsp3) is 0.258. The quantitative estimate of drug-likeness (QED) is 0.241. The van der Waals surface area contributed by atoms with E-state index in [4.69, 9.17) is 9.47 Å². The first kappa shape index (κ1) is 27.4. The summed E-state index contributed by atoms with van der Waals surface area (Å²) in [5.41, 5.74) is 3.44. The van der Waals surface area contributed by atoms with Gasteiger partial charge in [-0.25, -0.2) is 9.59 Å². The Morgan fingerprint density at radius 1 is 0.769 bits per heavy atom. The molecule has 0 bridgehead atoms. The van der Waals surface area contributed by atoms with Crippen LogP contribution in [-0.2, 0) is 38.7 Å². The van der Waals surface area contributed by atoms with E-state index in [0.29, 0.717) is 0 Å². The van der Waals surface area contributed by atoms with Crippen molar-refractivity contribution in [3.05, 3.63) is 108 Å². The number of hydrogen-bond donors (Lipinski definition) is 3. The van der Waals surface area contributed by atoms with Crippen LogP contribution in [0.2, 0.25) is 0 Å². The third-order valence-corrected chi connectivity index (χ3v) is 6.36. The Balaban J connectivity index is 1.47. The molecule has 2 atom stereocenters. The van der Waals surface area contributed by atoms with Gasteiger partial charge >= 0.3 is 12.1 Å². The first-order chi connectivity index (χ1) is 18.9. The van der Waals surface area contributed by atoms with Crippen LogP contribution in [0.25, 0.3) is 10.9 Å². The summed E-state index contributed by atoms with van der Waals surface area (Å²) < 4.78 is 10.9. The molecule has 1 aromatic heterocycles. The Morgan fingerprint density at radius 3 is 2.00 bits per heavy atom. The van der Waals surface area contributed by atoms with E-state index >= 15 is 0 Å². The Labute approximate surface area is 227 Å². The number of alkyl carbamates (subject to hydrolysis) is 1. The standard InChI is InChI=1S/C31H33N3O5/c1-21(2)28(30(36)38-19-22-11-5-3-6-12-22)34-29(35)27(17-24-18-32-26-16-10-9-15-25(24)26)33-31(37)39-20-23-13-7-4-8-14-23/h3-16,18,21,27-28,32H,17,19-20H2,1-2H3,(H,33,37)(H,34,35)/t27-,28+/m0/s1. The van der Waals surface area contributed by atoms with Crippen LogP contribution in [0.3, 0.4) is 0 Å². The second-order valence-electron chi connectivity index (χ2n) is 9.65. The summed E-state index contributed by atoms with van der Waals surface area (Å²) in [6.45, 7) is 3.81. The van der Waals surface area contributed by atoms with Gasteiger partial charge in [-0.2, -0.15) is 0 Å². The molecule has 8 nitrogen and oxygen atoms in total. The summed E-state index contributed by atoms with van der Waals surface area (Å²) in [6.07, 6.45) is 1.28. The number of aromatic amines is 1. The Morgan fingerprint density at radius 2 is 1.36 bits per heavy atom. The normalized spacial score (nSPS) is 12.5. The van der Waals surface area contributed by atoms with Crippen molar-refractivity contribution in [1.82, 2.24) is 15.6 Å². The van der Waals surface area contributed by atoms with Crippen molar-refractivity contribution in [2.45, 2.75) is 45.6 Å². The maximum atomic E-state index is 13.5. The molecule has 3 N–H and O–H groups in total. The van der Waals surface area contributed by atoms with Crippen molar-refractivity contribution >= 4 is 28.9 Å². The molecule has 0 aliphatic heterocycles. The van der Waals surface area contributed by atoms with Crippen molar-refractivity contribution in [1.29, 1.82) is 0 Å². The van der Waals surface area contributed by atoms with Gasteiger partial charge in [-0.3, -0.25) is 4.79 Å². The molecule has 4 aromatic rings. The number of fused-ring (bicyclic) bond motifs is 1. The van der Waals surface area contributed by atoms with Gasteiger partial charge in [-0.05, 0) is 28.7 Å². The topological polar surface area (TPSA) is 110 Å². The highest BCUT2D eigenvalue weighted by molar-refractivity contribution is 5.91. The monoisotopic (exact) mass is 527 g/mol. The Hall–Kier alpha value is -4.59. The van der Waals surface area contributed by atoms with Gasteiger partial charge in [-0.1, -0.05) is 92.7 Å². The molecule has 0 saturated carbocycles. The maximum Gasteiger partial charge on any atom is 0.408 e. The van der Waals surface area contributed by atoms with Gasteiger partial charge in [0, 0.05) is 23.5 Å². The highest BCUT2D eigenvalue weighted by Crippen LogP contribution is 2.19. The van der Waals surface area contributed by atoms with Crippen LogP contribution in [0, 0.1) is 5.92 Å². The number of para-hydroxylation sites is 1. The number of rotatable bonds is 11. The number of benzene rings is 3. The van der Waals surface area contributed by atoms with Crippen LogP contribution in [0.4, 0.5) is 4.79 Å². The van der Waals surface area contributed by atoms with Crippen molar-refractivity contribution < 1.29 is 23.9 Å². The summed E-state index contributed by atoms with van der Waals surface area (Å²) in [5, 5.41) is 6.43. The molecule has 0 unspecified atom stereocenters. The number of nitrogens with one attached hydrogen (secondary N) is 3. The molecule has 0 radical (unpaired) electrons. The van der Waals surface area contributed by atoms with Crippen molar-refractivity contribution in [2.24, 2.45) is 5.92 Å². The zero-order valence-corrected chi connectivity index (χ0v) is 22.1. The number of carbonyl (C=O) groups excluding carboxylic acids is 3. The number of esters is 1. The minimum Gasteiger partial charge on any atom is -0.459 e. The fourth-order valence-electron chi connectivity index (χ4n) is 4.21. The average Bonchev–Trinajstić information content (AvgIpc) is 3.36. The lowest BCUT2D eigenvalue weighted by Crippen LogP contribution is -2.54. The molecular formula is C31H33N3O5. The third kappa shape index (κ3) is 7.70. The SMILES string of the molecule is CC(C)[C@@H](NC(=O)[C@H](Cc1c[nH]c2ccccc12)NC(=O)OCc1ccccc1)C(=O)OCc1ccccc1. The minimum absolute atomic E-state index is 0.0640. The zero-order valence-electron chi connectivity index (χ0n) is 22.1. The fourth-order valence-corrected chi connectivity index (χ4v) is 4.21. The predicted molar refractivity (Wildman–Crippen MR) is 149 cm³/mol. The molecule has 4 rings (SSSR count). The van der Waals surface area contributed by atoms with E-state index in [9.17, 15) is 14.4 Å². The summed E-state index contributed by atoms with van der Waals surface area (Å²) in [6, 6.07) is 24.4. The Bertz CT molecular complexity index is 1390. The van der Waals surface area contributed by atoms with Crippen molar-refractivity contribution in [3.8, 4) is 0 Å². The smallest absolute Gasteiger partial charge is 0.408 e. The molecule has 8 heteroatoms. The molecule has 0 spiro atoms. The number of H-pyrrole nitrogens is 1. The van der Waals surface area contributed by atoms with Crippen LogP contribution in [0.5, 0.6) is 0 Å². The van der Waals surface area contributed by atoms with Crippen LogP contribution in [0.1, 0.15) is 30.5 Å². The number of ether oxygens (including phenoxy) is 2. The van der Waals surface area contributed by atoms with Gasteiger partial charge in [-0.15, -0.1) is 0 Å². The number of hydrogen-bond acceptors (Lipinski definition) is 5. The molecule has 1 heterocycles. The van der Waals surface area contributed by atoms with Crippen LogP contribution in [0.15, 0.2) is 91.1 Å². The second kappa shape index (κ2) is 13.3. The summed E-state index contributed by atoms with van der Waals surface area (Å²) in [4.78, 5) is 42.4. The molecule has 202 valence electrons. The second-order valence-corrected chi connectivity index (χ2v) is 9.65. The van der Waals surface area contributed by atoms with E-state index in [1.54, 1.807) is 0 Å². The molecular weight excluding hydrogens is 494 g/mol. The average molecular weight is 528 g/mol. The number of carbonyl (C=O) groups is 3. The molecule has 0 aliphatic rings. The highest BCUT2D eigenvalue weighted by Gasteiger charge is 2.30. The number of amides is 2. The van der Waals surface area contributed by atoms with E-state index in [0.717, 1.165) is 27.6 Å². The lowest BCUT2D eigenvalue weighted by atomic mass is 10.0. The van der Waals surface area contributed by atoms with Crippen LogP contribution >= 0.6 is 0 Å². The molecule has 0 aliphatic carbocycles. The van der Waals surface area contributed by atoms with Gasteiger partial charge < -0.3 is 25.1 Å². The maximum absolute atomic E-state index is 13.5. The van der Waals surface area contributed by atoms with Crippen molar-refractivity contribution in [2.75, 3.05) is 0 Å². The van der Waals surface area contributed by atoms with Gasteiger partial charge in [0.25, 0.3) is 0 Å². The number of aromatic nitrogens is 1.